The number of aromatic nitrogens is 12. The van der Waals surface area contributed by atoms with Gasteiger partial charge in [0, 0.05) is 6.42 Å². The van der Waals surface area contributed by atoms with E-state index in [0.29, 0.717) is 5.75 Å². The van der Waals surface area contributed by atoms with Crippen LogP contribution >= 0.6 is 0 Å². The van der Waals surface area contributed by atoms with E-state index in [-0.39, 0.29) is 0 Å². The SMILES string of the molecule is CCCCc1c(C)c(C)c(C)c(C)c1O.c1cc(Cc2cccc3[nH]nnc23)c2nn[nH]c2c1.c1ccc2[nH]nnc2c1.c1ccc2[nH]nnc2c1. The minimum absolute atomic E-state index is 0.518. The lowest BCUT2D eigenvalue weighted by Crippen LogP contribution is -1.99. The molecule has 0 saturated carbocycles. The van der Waals surface area contributed by atoms with Crippen LogP contribution in [0.4, 0.5) is 0 Å². The summed E-state index contributed by atoms with van der Waals surface area (Å²) in [5, 5.41) is 52.2. The molecule has 0 aliphatic carbocycles. The Labute approximate surface area is 300 Å². The van der Waals surface area contributed by atoms with Crippen molar-refractivity contribution in [1.82, 2.24) is 61.6 Å². The molecule has 13 heteroatoms. The number of H-pyrrole nitrogens is 4. The quantitative estimate of drug-likeness (QED) is 0.120. The normalized spacial score (nSPS) is 10.8. The van der Waals surface area contributed by atoms with E-state index < -0.39 is 0 Å². The van der Waals surface area contributed by atoms with Crippen molar-refractivity contribution < 1.29 is 5.11 Å². The van der Waals surface area contributed by atoms with Crippen molar-refractivity contribution >= 4 is 44.1 Å². The molecule has 9 rings (SSSR count). The zero-order valence-corrected chi connectivity index (χ0v) is 29.9. The molecule has 0 radical (unpaired) electrons. The number of aromatic amines is 4. The fraction of sp³-hybridized carbons (Fsp3) is 0.231. The molecule has 13 nitrogen and oxygen atoms in total. The Morgan fingerprint density at radius 3 is 1.44 bits per heavy atom. The molecule has 0 amide bonds. The van der Waals surface area contributed by atoms with Crippen molar-refractivity contribution in [2.45, 2.75) is 60.3 Å². The zero-order valence-electron chi connectivity index (χ0n) is 29.9. The second-order valence-electron chi connectivity index (χ2n) is 12.5. The number of phenolic OH excluding ortho intramolecular Hbond substituents is 1. The van der Waals surface area contributed by atoms with Gasteiger partial charge in [0.2, 0.25) is 0 Å². The van der Waals surface area contributed by atoms with Gasteiger partial charge in [-0.1, -0.05) is 82.7 Å². The van der Waals surface area contributed by atoms with E-state index in [1.54, 1.807) is 0 Å². The molecular formula is C39H42N12O. The minimum Gasteiger partial charge on any atom is -0.507 e. The van der Waals surface area contributed by atoms with Crippen LogP contribution in [0.2, 0.25) is 0 Å². The molecule has 0 saturated heterocycles. The predicted molar refractivity (Wildman–Crippen MR) is 204 cm³/mol. The maximum Gasteiger partial charge on any atom is 0.122 e. The standard InChI is InChI=1S/C14H22O.C13H10N6.2C6H5N3/c1-6-7-8-13-11(4)9(2)10(3)12(5)14(13)15;1-3-8(12-10(5-1)14-18-16-12)7-9-4-2-6-11-13(9)17-19-15-11;2*1-2-4-6-5(3-1)7-9-8-6/h15H,6-8H2,1-5H3;1-6H,7H2,(H,14,16,18)(H,15,17,19);2*1-4H,(H,7,8,9). The zero-order chi connectivity index (χ0) is 36.5. The Balaban J connectivity index is 0.000000125. The van der Waals surface area contributed by atoms with Crippen molar-refractivity contribution in [3.63, 3.8) is 0 Å². The third-order valence-corrected chi connectivity index (χ3v) is 9.29. The van der Waals surface area contributed by atoms with E-state index in [1.165, 1.54) is 23.1 Å². The van der Waals surface area contributed by atoms with Gasteiger partial charge in [-0.25, -0.2) is 0 Å². The third-order valence-electron chi connectivity index (χ3n) is 9.29. The van der Waals surface area contributed by atoms with Crippen LogP contribution in [0.15, 0.2) is 84.9 Å². The van der Waals surface area contributed by atoms with Crippen LogP contribution in [-0.4, -0.2) is 66.7 Å². The molecule has 4 heterocycles. The molecule has 0 spiro atoms. The number of nitrogens with one attached hydrogen (secondary N) is 4. The first kappa shape index (κ1) is 35.3. The van der Waals surface area contributed by atoms with E-state index in [9.17, 15) is 5.11 Å². The second-order valence-corrected chi connectivity index (χ2v) is 12.5. The van der Waals surface area contributed by atoms with Gasteiger partial charge < -0.3 is 5.11 Å². The lowest BCUT2D eigenvalue weighted by Gasteiger charge is -2.16. The second kappa shape index (κ2) is 16.5. The molecule has 0 atom stereocenters. The molecule has 52 heavy (non-hydrogen) atoms. The Morgan fingerprint density at radius 1 is 0.500 bits per heavy atom. The molecule has 5 N–H and O–H groups in total. The molecule has 0 aliphatic heterocycles. The smallest absolute Gasteiger partial charge is 0.122 e. The van der Waals surface area contributed by atoms with Crippen LogP contribution in [0.3, 0.4) is 0 Å². The molecule has 4 aromatic heterocycles. The number of nitrogens with zero attached hydrogens (tertiary/aromatic N) is 8. The fourth-order valence-electron chi connectivity index (χ4n) is 5.95. The predicted octanol–water partition coefficient (Wildman–Crippen LogP) is 7.70. The van der Waals surface area contributed by atoms with Crippen LogP contribution < -0.4 is 0 Å². The topological polar surface area (TPSA) is 187 Å². The highest BCUT2D eigenvalue weighted by atomic mass is 16.3. The fourth-order valence-corrected chi connectivity index (χ4v) is 5.95. The Morgan fingerprint density at radius 2 is 0.942 bits per heavy atom. The van der Waals surface area contributed by atoms with Gasteiger partial charge in [0.1, 0.15) is 27.8 Å². The van der Waals surface area contributed by atoms with Crippen molar-refractivity contribution in [3.8, 4) is 5.75 Å². The van der Waals surface area contributed by atoms with E-state index >= 15 is 0 Å². The number of aromatic hydroxyl groups is 1. The third kappa shape index (κ3) is 7.94. The summed E-state index contributed by atoms with van der Waals surface area (Å²) in [7, 11) is 0. The Hall–Kier alpha value is -6.50. The van der Waals surface area contributed by atoms with E-state index in [4.69, 9.17) is 0 Å². The van der Waals surface area contributed by atoms with Gasteiger partial charge >= 0.3 is 0 Å². The number of hydrogen-bond acceptors (Lipinski definition) is 9. The van der Waals surface area contributed by atoms with Crippen molar-refractivity contribution in [1.29, 1.82) is 0 Å². The number of phenols is 1. The van der Waals surface area contributed by atoms with Crippen LogP contribution in [0.25, 0.3) is 44.1 Å². The van der Waals surface area contributed by atoms with Gasteiger partial charge in [-0.15, -0.1) is 20.4 Å². The van der Waals surface area contributed by atoms with Crippen LogP contribution in [0.5, 0.6) is 5.75 Å². The minimum atomic E-state index is 0.518. The number of hydrogen-bond donors (Lipinski definition) is 5. The summed E-state index contributed by atoms with van der Waals surface area (Å²) in [5.74, 6) is 0.518. The van der Waals surface area contributed by atoms with E-state index in [0.717, 1.165) is 85.6 Å². The van der Waals surface area contributed by atoms with Crippen molar-refractivity contribution in [2.75, 3.05) is 0 Å². The molecule has 5 aromatic carbocycles. The monoisotopic (exact) mass is 694 g/mol. The van der Waals surface area contributed by atoms with Gasteiger partial charge in [0.25, 0.3) is 0 Å². The molecule has 0 aliphatic rings. The number of rotatable bonds is 5. The van der Waals surface area contributed by atoms with Crippen LogP contribution in [0, 0.1) is 27.7 Å². The number of fused-ring (bicyclic) bond motifs is 4. The summed E-state index contributed by atoms with van der Waals surface area (Å²) < 4.78 is 0. The summed E-state index contributed by atoms with van der Waals surface area (Å²) in [5.41, 5.74) is 15.8. The summed E-state index contributed by atoms with van der Waals surface area (Å²) in [6.07, 6.45) is 4.07. The lowest BCUT2D eigenvalue weighted by atomic mass is 9.91. The largest absolute Gasteiger partial charge is 0.507 e. The maximum atomic E-state index is 10.1. The molecule has 0 fully saturated rings. The van der Waals surface area contributed by atoms with Crippen molar-refractivity contribution in [2.24, 2.45) is 0 Å². The number of para-hydroxylation sites is 2. The highest BCUT2D eigenvalue weighted by Gasteiger charge is 2.13. The lowest BCUT2D eigenvalue weighted by molar-refractivity contribution is 0.461. The first-order valence-electron chi connectivity index (χ1n) is 17.2. The summed E-state index contributed by atoms with van der Waals surface area (Å²) in [6, 6.07) is 27.5. The summed E-state index contributed by atoms with van der Waals surface area (Å²) in [4.78, 5) is 0. The average molecular weight is 695 g/mol. The molecule has 264 valence electrons. The highest BCUT2D eigenvalue weighted by molar-refractivity contribution is 5.81. The maximum absolute atomic E-state index is 10.1. The molecular weight excluding hydrogens is 653 g/mol. The van der Waals surface area contributed by atoms with Gasteiger partial charge in [-0.3, -0.25) is 20.4 Å². The highest BCUT2D eigenvalue weighted by Crippen LogP contribution is 2.32. The van der Waals surface area contributed by atoms with Gasteiger partial charge in [0.15, 0.2) is 0 Å². The first-order valence-corrected chi connectivity index (χ1v) is 17.2. The first-order chi connectivity index (χ1) is 25.4. The summed E-state index contributed by atoms with van der Waals surface area (Å²) >= 11 is 0. The van der Waals surface area contributed by atoms with Gasteiger partial charge in [-0.05, 0) is 116 Å². The number of benzene rings is 5. The molecule has 0 unspecified atom stereocenters. The number of unbranched alkanes of at least 4 members (excludes halogenated alkanes) is 1. The molecule has 0 bridgehead atoms. The Bertz CT molecular complexity index is 2300. The van der Waals surface area contributed by atoms with Crippen LogP contribution in [0.1, 0.15) is 58.7 Å². The van der Waals surface area contributed by atoms with Gasteiger partial charge in [0.05, 0.1) is 22.1 Å². The molecule has 9 aromatic rings. The van der Waals surface area contributed by atoms with E-state index in [2.05, 4.69) is 101 Å². The van der Waals surface area contributed by atoms with E-state index in [1.807, 2.05) is 79.7 Å². The average Bonchev–Trinajstić information content (AvgIpc) is 4.01. The van der Waals surface area contributed by atoms with Crippen molar-refractivity contribution in [3.05, 3.63) is 124 Å². The summed E-state index contributed by atoms with van der Waals surface area (Å²) in [6.45, 7) is 10.5. The van der Waals surface area contributed by atoms with Gasteiger partial charge in [-0.2, -0.15) is 0 Å². The van der Waals surface area contributed by atoms with Crippen LogP contribution in [-0.2, 0) is 12.8 Å². The Kier molecular flexibility index (Phi) is 11.2.